The summed E-state index contributed by atoms with van der Waals surface area (Å²) in [5.74, 6) is 0.118. The third kappa shape index (κ3) is 4.19. The van der Waals surface area contributed by atoms with Crippen LogP contribution in [-0.2, 0) is 19.5 Å². The maximum Gasteiger partial charge on any atom is 0.263 e. The molecule has 0 spiro atoms. The van der Waals surface area contributed by atoms with E-state index < -0.39 is 0 Å². The number of aryl methyl sites for hydroxylation is 1. The minimum atomic E-state index is -0.313. The maximum absolute atomic E-state index is 13.0. The smallest absolute Gasteiger partial charge is 0.263 e. The van der Waals surface area contributed by atoms with Crippen LogP contribution in [0.25, 0.3) is 11.3 Å². The van der Waals surface area contributed by atoms with Crippen LogP contribution in [0.2, 0.25) is 5.02 Å². The summed E-state index contributed by atoms with van der Waals surface area (Å²) in [6.45, 7) is 4.37. The Morgan fingerprint density at radius 1 is 1.19 bits per heavy atom. The van der Waals surface area contributed by atoms with Gasteiger partial charge in [-0.1, -0.05) is 59.2 Å². The second-order valence-electron chi connectivity index (χ2n) is 7.77. The molecule has 1 aliphatic heterocycles. The molecule has 1 aliphatic rings. The number of rotatable bonds is 5. The number of amides is 1. The molecule has 8 heteroatoms. The van der Waals surface area contributed by atoms with Crippen molar-refractivity contribution in [1.29, 1.82) is 0 Å². The van der Waals surface area contributed by atoms with Crippen molar-refractivity contribution in [2.45, 2.75) is 26.4 Å². The molecule has 162 valence electrons. The average molecular weight is 465 g/mol. The topological polar surface area (TPSA) is 71.3 Å². The number of nitrogens with one attached hydrogen (secondary N) is 1. The molecule has 1 amide bonds. The first-order chi connectivity index (χ1) is 15.6. The van der Waals surface area contributed by atoms with Crippen LogP contribution < -0.4 is 5.32 Å². The Hall–Kier alpha value is -3.00. The fourth-order valence-corrected chi connectivity index (χ4v) is 4.91. The number of halogens is 1. The molecule has 4 aromatic rings. The van der Waals surface area contributed by atoms with Gasteiger partial charge in [0.05, 0.1) is 10.7 Å². The summed E-state index contributed by atoms with van der Waals surface area (Å²) < 4.78 is 5.31. The lowest BCUT2D eigenvalue weighted by molar-refractivity contribution is 0.102. The molecule has 2 aromatic carbocycles. The van der Waals surface area contributed by atoms with Crippen LogP contribution >= 0.6 is 22.9 Å². The molecule has 6 nitrogen and oxygen atoms in total. The van der Waals surface area contributed by atoms with Gasteiger partial charge in [-0.05, 0) is 30.5 Å². The van der Waals surface area contributed by atoms with Gasteiger partial charge in [-0.25, -0.2) is 4.98 Å². The normalized spacial score (nSPS) is 13.7. The Kier molecular flexibility index (Phi) is 5.78. The zero-order valence-corrected chi connectivity index (χ0v) is 19.0. The minimum Gasteiger partial charge on any atom is -0.360 e. The van der Waals surface area contributed by atoms with E-state index >= 15 is 0 Å². The van der Waals surface area contributed by atoms with Crippen LogP contribution in [0.5, 0.6) is 0 Å². The summed E-state index contributed by atoms with van der Waals surface area (Å²) >= 11 is 7.72. The summed E-state index contributed by atoms with van der Waals surface area (Å²) in [4.78, 5) is 20.0. The first-order valence-electron chi connectivity index (χ1n) is 10.3. The standard InChI is InChI=1S/C24H21ClN4O2S/c1-15-21(22(28-31-15)19-8-4-5-9-20(19)25)23(30)27-24-26-18(14-32-24)13-29-11-10-16-6-2-3-7-17(16)12-29/h2-9,14H,10-13H2,1H3,(H,26,27,30). The van der Waals surface area contributed by atoms with Crippen molar-refractivity contribution in [3.63, 3.8) is 0 Å². The van der Waals surface area contributed by atoms with Gasteiger partial charge in [0.25, 0.3) is 5.91 Å². The van der Waals surface area contributed by atoms with E-state index in [0.717, 1.165) is 31.7 Å². The molecule has 32 heavy (non-hydrogen) atoms. The van der Waals surface area contributed by atoms with Crippen molar-refractivity contribution in [2.75, 3.05) is 11.9 Å². The SMILES string of the molecule is Cc1onc(-c2ccccc2Cl)c1C(=O)Nc1nc(CN2CCc3ccccc3C2)cs1. The van der Waals surface area contributed by atoms with E-state index in [1.807, 2.05) is 23.6 Å². The molecule has 2 aromatic heterocycles. The number of benzene rings is 2. The van der Waals surface area contributed by atoms with E-state index in [4.69, 9.17) is 16.1 Å². The number of aromatic nitrogens is 2. The fraction of sp³-hybridized carbons (Fsp3) is 0.208. The second-order valence-corrected chi connectivity index (χ2v) is 9.04. The highest BCUT2D eigenvalue weighted by atomic mass is 35.5. The Bertz CT molecular complexity index is 1280. The molecule has 1 N–H and O–H groups in total. The molecule has 0 saturated carbocycles. The van der Waals surface area contributed by atoms with Crippen molar-refractivity contribution >= 4 is 34.0 Å². The van der Waals surface area contributed by atoms with Crippen LogP contribution in [0.15, 0.2) is 58.4 Å². The lowest BCUT2D eigenvalue weighted by Gasteiger charge is -2.27. The number of thiazole rings is 1. The van der Waals surface area contributed by atoms with Crippen LogP contribution in [0.4, 0.5) is 5.13 Å². The van der Waals surface area contributed by atoms with Gasteiger partial charge >= 0.3 is 0 Å². The minimum absolute atomic E-state index is 0.313. The number of hydrogen-bond acceptors (Lipinski definition) is 6. The van der Waals surface area contributed by atoms with Crippen LogP contribution in [0.1, 0.15) is 32.9 Å². The quantitative estimate of drug-likeness (QED) is 0.418. The van der Waals surface area contributed by atoms with Gasteiger partial charge in [0.2, 0.25) is 0 Å². The largest absolute Gasteiger partial charge is 0.360 e. The van der Waals surface area contributed by atoms with Crippen molar-refractivity contribution in [2.24, 2.45) is 0 Å². The van der Waals surface area contributed by atoms with E-state index in [9.17, 15) is 4.79 Å². The molecule has 0 bridgehead atoms. The third-order valence-corrected chi connectivity index (χ3v) is 6.72. The van der Waals surface area contributed by atoms with Crippen LogP contribution in [0, 0.1) is 6.92 Å². The Morgan fingerprint density at radius 2 is 1.97 bits per heavy atom. The molecule has 0 radical (unpaired) electrons. The van der Waals surface area contributed by atoms with E-state index in [-0.39, 0.29) is 5.91 Å². The fourth-order valence-electron chi connectivity index (χ4n) is 3.99. The van der Waals surface area contributed by atoms with Gasteiger partial charge in [0, 0.05) is 30.6 Å². The average Bonchev–Trinajstić information content (AvgIpc) is 3.40. The van der Waals surface area contributed by atoms with Gasteiger partial charge in [-0.3, -0.25) is 15.0 Å². The predicted octanol–water partition coefficient (Wildman–Crippen LogP) is 5.57. The first kappa shape index (κ1) is 20.9. The van der Waals surface area contributed by atoms with E-state index in [1.54, 1.807) is 13.0 Å². The Balaban J connectivity index is 1.29. The van der Waals surface area contributed by atoms with Crippen molar-refractivity contribution in [3.05, 3.63) is 87.1 Å². The monoisotopic (exact) mass is 464 g/mol. The summed E-state index contributed by atoms with van der Waals surface area (Å²) in [6.07, 6.45) is 1.04. The zero-order valence-electron chi connectivity index (χ0n) is 17.5. The van der Waals surface area contributed by atoms with Gasteiger partial charge in [-0.15, -0.1) is 11.3 Å². The number of hydrogen-bond donors (Lipinski definition) is 1. The van der Waals surface area contributed by atoms with Crippen molar-refractivity contribution in [1.82, 2.24) is 15.0 Å². The lowest BCUT2D eigenvalue weighted by atomic mass is 10.00. The summed E-state index contributed by atoms with van der Waals surface area (Å²) in [5.41, 5.74) is 5.18. The molecule has 0 unspecified atom stereocenters. The van der Waals surface area contributed by atoms with Crippen LogP contribution in [0.3, 0.4) is 0 Å². The molecule has 5 rings (SSSR count). The highest BCUT2D eigenvalue weighted by Crippen LogP contribution is 2.32. The predicted molar refractivity (Wildman–Crippen MR) is 126 cm³/mol. The number of fused-ring (bicyclic) bond motifs is 1. The first-order valence-corrected chi connectivity index (χ1v) is 11.6. The maximum atomic E-state index is 13.0. The Labute approximate surface area is 194 Å². The van der Waals surface area contributed by atoms with E-state index in [2.05, 4.69) is 44.6 Å². The van der Waals surface area contributed by atoms with E-state index in [1.165, 1.54) is 22.5 Å². The lowest BCUT2D eigenvalue weighted by Crippen LogP contribution is -2.30. The van der Waals surface area contributed by atoms with Gasteiger partial charge < -0.3 is 4.52 Å². The zero-order chi connectivity index (χ0) is 22.1. The molecule has 0 aliphatic carbocycles. The summed E-state index contributed by atoms with van der Waals surface area (Å²) in [5, 5.41) is 10.0. The number of anilines is 1. The molecular formula is C24H21ClN4O2S. The third-order valence-electron chi connectivity index (χ3n) is 5.59. The number of nitrogens with zero attached hydrogens (tertiary/aromatic N) is 3. The molecule has 3 heterocycles. The number of carbonyl (C=O) groups excluding carboxylic acids is 1. The highest BCUT2D eigenvalue weighted by Gasteiger charge is 2.24. The van der Waals surface area contributed by atoms with Crippen LogP contribution in [-0.4, -0.2) is 27.5 Å². The second kappa shape index (κ2) is 8.86. The van der Waals surface area contributed by atoms with Gasteiger partial charge in [0.1, 0.15) is 17.0 Å². The van der Waals surface area contributed by atoms with Crippen molar-refractivity contribution < 1.29 is 9.32 Å². The Morgan fingerprint density at radius 3 is 2.81 bits per heavy atom. The van der Waals surface area contributed by atoms with Crippen molar-refractivity contribution in [3.8, 4) is 11.3 Å². The summed E-state index contributed by atoms with van der Waals surface area (Å²) in [6, 6.07) is 15.8. The summed E-state index contributed by atoms with van der Waals surface area (Å²) in [7, 11) is 0. The van der Waals surface area contributed by atoms with Gasteiger partial charge in [-0.2, -0.15) is 0 Å². The molecule has 0 fully saturated rings. The molecule has 0 atom stereocenters. The highest BCUT2D eigenvalue weighted by molar-refractivity contribution is 7.14. The molecular weight excluding hydrogens is 444 g/mol. The van der Waals surface area contributed by atoms with Gasteiger partial charge in [0.15, 0.2) is 5.13 Å². The number of carbonyl (C=O) groups is 1. The van der Waals surface area contributed by atoms with E-state index in [0.29, 0.717) is 32.7 Å². The molecule has 0 saturated heterocycles.